The first-order valence-corrected chi connectivity index (χ1v) is 25.4. The third-order valence-electron chi connectivity index (χ3n) is 10.7. The second-order valence-corrected chi connectivity index (χ2v) is 17.4. The van der Waals surface area contributed by atoms with Crippen molar-refractivity contribution in [1.29, 1.82) is 0 Å². The van der Waals surface area contributed by atoms with Gasteiger partial charge in [-0.15, -0.1) is 47.4 Å². The molecule has 0 atom stereocenters. The highest BCUT2D eigenvalue weighted by Gasteiger charge is 2.16. The van der Waals surface area contributed by atoms with Crippen molar-refractivity contribution in [1.82, 2.24) is 60.7 Å². The Morgan fingerprint density at radius 2 is 1.01 bits per heavy atom. The van der Waals surface area contributed by atoms with Crippen LogP contribution >= 0.6 is 23.5 Å². The molecule has 2 aliphatic rings. The van der Waals surface area contributed by atoms with E-state index in [-0.39, 0.29) is 0 Å². The number of aromatic nitrogens is 12. The minimum Gasteiger partial charge on any atom is -0.418 e. The minimum atomic E-state index is 0.438. The summed E-state index contributed by atoms with van der Waals surface area (Å²) in [5, 5.41) is 33.0. The van der Waals surface area contributed by atoms with Gasteiger partial charge < -0.3 is 27.6 Å². The summed E-state index contributed by atoms with van der Waals surface area (Å²) >= 11 is 2.98. The summed E-state index contributed by atoms with van der Waals surface area (Å²) in [5.41, 5.74) is 11.3. The zero-order valence-electron chi connectivity index (χ0n) is 40.3. The summed E-state index contributed by atoms with van der Waals surface area (Å²) in [5.74, 6) is 5.26. The number of benzene rings is 5. The van der Waals surface area contributed by atoms with Gasteiger partial charge in [0.15, 0.2) is 11.6 Å². The van der Waals surface area contributed by atoms with Gasteiger partial charge in [-0.2, -0.15) is 0 Å². The van der Waals surface area contributed by atoms with E-state index in [9.17, 15) is 0 Å². The highest BCUT2D eigenvalue weighted by Crippen LogP contribution is 2.33. The lowest BCUT2D eigenvalue weighted by Gasteiger charge is -1.99. The molecule has 0 fully saturated rings. The van der Waals surface area contributed by atoms with Crippen LogP contribution in [0.25, 0.3) is 68.4 Å². The molecular weight excluding hydrogens is 961 g/mol. The Balaban J connectivity index is 0.000000119. The molecule has 0 aliphatic carbocycles. The third-order valence-corrected chi connectivity index (χ3v) is 12.1. The van der Waals surface area contributed by atoms with Crippen LogP contribution in [0.4, 0.5) is 11.4 Å². The molecule has 11 aromatic rings. The molecule has 2 N–H and O–H groups in total. The number of thioether (sulfide) groups is 2. The van der Waals surface area contributed by atoms with Crippen LogP contribution < -0.4 is 0 Å². The van der Waals surface area contributed by atoms with E-state index in [1.54, 1.807) is 17.8 Å². The number of para-hydroxylation sites is 4. The van der Waals surface area contributed by atoms with Crippen LogP contribution in [0, 0.1) is 0 Å². The summed E-state index contributed by atoms with van der Waals surface area (Å²) in [6.45, 7) is 9.19. The topological polar surface area (TPSA) is 238 Å². The second-order valence-electron chi connectivity index (χ2n) is 15.8. The van der Waals surface area contributed by atoms with Crippen LogP contribution in [0.15, 0.2) is 166 Å². The number of H-pyrrole nitrogens is 2. The number of aromatic amines is 2. The number of allylic oxidation sites excluding steroid dienone is 1. The second kappa shape index (κ2) is 24.0. The lowest BCUT2D eigenvalue weighted by atomic mass is 10.1. The van der Waals surface area contributed by atoms with Crippen molar-refractivity contribution < 1.29 is 17.7 Å². The molecule has 366 valence electrons. The summed E-state index contributed by atoms with van der Waals surface area (Å²) in [6, 6.07) is 37.9. The van der Waals surface area contributed by atoms with E-state index in [0.717, 1.165) is 76.0 Å². The first-order valence-electron chi connectivity index (χ1n) is 23.2. The van der Waals surface area contributed by atoms with Crippen LogP contribution in [-0.4, -0.2) is 79.4 Å². The maximum atomic E-state index is 5.74. The lowest BCUT2D eigenvalue weighted by Crippen LogP contribution is -1.81. The lowest BCUT2D eigenvalue weighted by molar-refractivity contribution is 0.466. The van der Waals surface area contributed by atoms with E-state index in [2.05, 4.69) is 102 Å². The Labute approximate surface area is 427 Å². The molecule has 8 heterocycles. The SMILES string of the molecule is C1=Nc2cc(-c3nnc(SCc4ccccc4)o3)ccc2C1.C=CC.CCc1nnc(-c2nc3ccccc3[nH]2)o1.CCc1nnc(-c2nc3ccccc3[nH]2)o1.CSc1nnc(-c2ccc3c(c2)N=CC3)o1. The Bertz CT molecular complexity index is 3450. The first kappa shape index (κ1) is 49.4. The Hall–Kier alpha value is -8.62. The van der Waals surface area contributed by atoms with Crippen molar-refractivity contribution in [2.24, 2.45) is 9.98 Å². The van der Waals surface area contributed by atoms with Crippen molar-refractivity contribution in [3.8, 4) is 46.3 Å². The third kappa shape index (κ3) is 12.5. The van der Waals surface area contributed by atoms with Crippen LogP contribution in [-0.2, 0) is 31.4 Å². The Morgan fingerprint density at radius 1 is 0.548 bits per heavy atom. The van der Waals surface area contributed by atoms with Gasteiger partial charge in [-0.3, -0.25) is 9.98 Å². The number of aryl methyl sites for hydroxylation is 2. The van der Waals surface area contributed by atoms with Crippen LogP contribution in [0.1, 0.15) is 49.2 Å². The predicted molar refractivity (Wildman–Crippen MR) is 284 cm³/mol. The van der Waals surface area contributed by atoms with Crippen LogP contribution in [0.2, 0.25) is 0 Å². The number of imidazole rings is 2. The maximum Gasteiger partial charge on any atom is 0.283 e. The molecule has 0 saturated carbocycles. The Kier molecular flexibility index (Phi) is 16.2. The summed E-state index contributed by atoms with van der Waals surface area (Å²) < 4.78 is 22.1. The fourth-order valence-electron chi connectivity index (χ4n) is 7.07. The van der Waals surface area contributed by atoms with E-state index >= 15 is 0 Å². The highest BCUT2D eigenvalue weighted by molar-refractivity contribution is 7.98. The fourth-order valence-corrected chi connectivity index (χ4v) is 8.07. The average molecular weight is 1010 g/mol. The van der Waals surface area contributed by atoms with Gasteiger partial charge in [0.25, 0.3) is 22.2 Å². The van der Waals surface area contributed by atoms with Gasteiger partial charge in [0.2, 0.25) is 23.6 Å². The minimum absolute atomic E-state index is 0.438. The zero-order valence-corrected chi connectivity index (χ0v) is 41.9. The number of nitrogens with zero attached hydrogens (tertiary/aromatic N) is 12. The number of hydrogen-bond donors (Lipinski definition) is 2. The van der Waals surface area contributed by atoms with Crippen molar-refractivity contribution in [3.05, 3.63) is 156 Å². The largest absolute Gasteiger partial charge is 0.418 e. The number of aliphatic imine (C=N–C) groups is 2. The molecular formula is C53H48N14O4S2. The molecule has 2 aliphatic heterocycles. The first-order chi connectivity index (χ1) is 35.9. The molecule has 0 radical (unpaired) electrons. The number of fused-ring (bicyclic) bond motifs is 4. The normalized spacial score (nSPS) is 11.7. The molecule has 0 unspecified atom stereocenters. The molecule has 6 aromatic heterocycles. The van der Waals surface area contributed by atoms with Crippen LogP contribution in [0.3, 0.4) is 0 Å². The van der Waals surface area contributed by atoms with Crippen LogP contribution in [0.5, 0.6) is 0 Å². The van der Waals surface area contributed by atoms with Gasteiger partial charge in [0.05, 0.1) is 33.4 Å². The summed E-state index contributed by atoms with van der Waals surface area (Å²) in [7, 11) is 0. The Morgan fingerprint density at radius 3 is 1.48 bits per heavy atom. The number of rotatable bonds is 10. The zero-order chi connectivity index (χ0) is 50.4. The molecule has 18 nitrogen and oxygen atoms in total. The molecule has 0 amide bonds. The monoisotopic (exact) mass is 1010 g/mol. The fraction of sp³-hybridized carbons (Fsp3) is 0.170. The molecule has 0 bridgehead atoms. The molecule has 13 rings (SSSR count). The molecule has 0 saturated heterocycles. The average Bonchev–Trinajstić information content (AvgIpc) is 4.29. The van der Waals surface area contributed by atoms with Crippen molar-refractivity contribution in [3.63, 3.8) is 0 Å². The van der Waals surface area contributed by atoms with Gasteiger partial charge in [-0.25, -0.2) is 9.97 Å². The predicted octanol–water partition coefficient (Wildman–Crippen LogP) is 12.5. The smallest absolute Gasteiger partial charge is 0.283 e. The van der Waals surface area contributed by atoms with Gasteiger partial charge in [0.1, 0.15) is 0 Å². The number of hydrogen-bond acceptors (Lipinski definition) is 18. The standard InChI is InChI=1S/C17H13N3OS.2C11H10N4O.C11H9N3OS.C3H6/c1-2-4-12(5-3-1)11-22-17-20-19-16(21-17)14-7-6-13-8-9-18-15(13)10-14;2*1-2-9-14-15-11(16-9)10-12-7-5-3-4-6-8(7)13-10;1-16-11-14-13-10(15-11)8-3-2-7-4-5-12-9(7)6-8;1-3-2/h1-7,9-10H,8,11H2;2*3-6H,2H2,1H3,(H,12,13);2-3,5-6H,4H2,1H3;3H,1H2,2H3. The molecule has 20 heteroatoms. The summed E-state index contributed by atoms with van der Waals surface area (Å²) in [6.07, 6.45) is 10.8. The van der Waals surface area contributed by atoms with Gasteiger partial charge >= 0.3 is 0 Å². The molecule has 0 spiro atoms. The van der Waals surface area contributed by atoms with Gasteiger partial charge in [-0.1, -0.05) is 110 Å². The quantitative estimate of drug-likeness (QED) is 0.0956. The summed E-state index contributed by atoms with van der Waals surface area (Å²) in [4.78, 5) is 23.7. The van der Waals surface area contributed by atoms with Gasteiger partial charge in [0, 0.05) is 55.0 Å². The van der Waals surface area contributed by atoms with E-state index in [1.807, 2.05) is 130 Å². The maximum absolute atomic E-state index is 5.74. The van der Waals surface area contributed by atoms with Gasteiger partial charge in [-0.05, 0) is 78.4 Å². The van der Waals surface area contributed by atoms with E-state index in [0.29, 0.717) is 57.4 Å². The molecule has 73 heavy (non-hydrogen) atoms. The van der Waals surface area contributed by atoms with E-state index in [1.165, 1.54) is 28.5 Å². The van der Waals surface area contributed by atoms with Crippen molar-refractivity contribution in [2.75, 3.05) is 6.26 Å². The van der Waals surface area contributed by atoms with Crippen molar-refractivity contribution >= 4 is 69.4 Å². The highest BCUT2D eigenvalue weighted by atomic mass is 32.2. The van der Waals surface area contributed by atoms with E-state index in [4.69, 9.17) is 17.7 Å². The molecule has 5 aromatic carbocycles. The number of nitrogens with one attached hydrogen (secondary N) is 2. The van der Waals surface area contributed by atoms with E-state index < -0.39 is 0 Å². The van der Waals surface area contributed by atoms with Crippen molar-refractivity contribution in [2.45, 2.75) is 62.7 Å².